The molecule has 0 aliphatic carbocycles. The number of nitrogens with zero attached hydrogens (tertiary/aromatic N) is 2. The Hall–Kier alpha value is -2.70. The molecular formula is C16H14ClF3N3O5S+. The summed E-state index contributed by atoms with van der Waals surface area (Å²) in [6.07, 6.45) is -4.64. The van der Waals surface area contributed by atoms with Gasteiger partial charge in [0.2, 0.25) is 0 Å². The van der Waals surface area contributed by atoms with Crippen molar-refractivity contribution in [2.24, 2.45) is 5.11 Å². The summed E-state index contributed by atoms with van der Waals surface area (Å²) in [6, 6.07) is 5.15. The van der Waals surface area contributed by atoms with E-state index in [2.05, 4.69) is 10.5 Å². The molecule has 0 unspecified atom stereocenters. The maximum absolute atomic E-state index is 13.0. The topological polar surface area (TPSA) is 119 Å². The fraction of sp³-hybridized carbons (Fsp3) is 0.188. The van der Waals surface area contributed by atoms with Gasteiger partial charge in [-0.15, -0.1) is 5.43 Å². The van der Waals surface area contributed by atoms with Gasteiger partial charge in [0.1, 0.15) is 17.8 Å². The van der Waals surface area contributed by atoms with E-state index in [-0.39, 0.29) is 22.9 Å². The first kappa shape index (κ1) is 22.6. The van der Waals surface area contributed by atoms with Gasteiger partial charge in [0.25, 0.3) is 15.8 Å². The molecule has 0 aromatic heterocycles. The van der Waals surface area contributed by atoms with Crippen LogP contribution in [0.15, 0.2) is 46.4 Å². The number of carboxylic acids is 1. The van der Waals surface area contributed by atoms with Crippen LogP contribution in [0, 0.1) is 0 Å². The minimum Gasteiger partial charge on any atom is -0.477 e. The van der Waals surface area contributed by atoms with Crippen molar-refractivity contribution in [3.8, 4) is 0 Å². The van der Waals surface area contributed by atoms with Gasteiger partial charge in [-0.25, -0.2) is 4.79 Å². The fourth-order valence-electron chi connectivity index (χ4n) is 2.25. The molecule has 0 heterocycles. The lowest BCUT2D eigenvalue weighted by Gasteiger charge is -2.10. The zero-order chi connectivity index (χ0) is 22.0. The standard InChI is InChI=1S/C16H13ClF3N3O5S/c1-2-21-23(22-13-7-9(16(18,19)20)3-5-12(13)17)14-6-4-10(29(26,27)28)8-11(14)15(24)25/h3-8H,2H2,1H3,(H2-,21,22,24,25,26,27,28)/p+1. The van der Waals surface area contributed by atoms with Gasteiger partial charge in [0.15, 0.2) is 0 Å². The molecule has 29 heavy (non-hydrogen) atoms. The predicted octanol–water partition coefficient (Wildman–Crippen LogP) is 4.45. The summed E-state index contributed by atoms with van der Waals surface area (Å²) in [5, 5.41) is 13.3. The fourth-order valence-corrected chi connectivity index (χ4v) is 2.91. The first-order chi connectivity index (χ1) is 13.3. The van der Waals surface area contributed by atoms with Crippen LogP contribution in [0.4, 0.5) is 24.5 Å². The first-order valence-corrected chi connectivity index (χ1v) is 9.62. The number of azo groups is 1. The van der Waals surface area contributed by atoms with Crippen molar-refractivity contribution < 1.29 is 40.8 Å². The third kappa shape index (κ3) is 5.43. The van der Waals surface area contributed by atoms with Crippen LogP contribution in [0.3, 0.4) is 0 Å². The highest BCUT2D eigenvalue weighted by atomic mass is 35.5. The second-order valence-corrected chi connectivity index (χ2v) is 7.36. The summed E-state index contributed by atoms with van der Waals surface area (Å²) >= 11 is 5.94. The molecule has 13 heteroatoms. The number of carboxylic acid groups (broad SMARTS) is 1. The summed E-state index contributed by atoms with van der Waals surface area (Å²) in [4.78, 5) is 11.8. The SMILES string of the molecule is CCN=[N+](Nc1cc(C(F)(F)F)ccc1Cl)c1ccc(S(=O)(=O)O)cc1C(=O)O. The molecule has 0 aliphatic rings. The Kier molecular flexibility index (Phi) is 6.50. The zero-order valence-corrected chi connectivity index (χ0v) is 16.2. The monoisotopic (exact) mass is 452 g/mol. The molecule has 2 aromatic carbocycles. The van der Waals surface area contributed by atoms with Crippen molar-refractivity contribution >= 4 is 39.1 Å². The number of aromatic carboxylic acids is 1. The minimum absolute atomic E-state index is 0.0860. The van der Waals surface area contributed by atoms with Crippen LogP contribution in [0.5, 0.6) is 0 Å². The van der Waals surface area contributed by atoms with E-state index in [1.807, 2.05) is 0 Å². The van der Waals surface area contributed by atoms with Gasteiger partial charge in [-0.05, 0) is 42.4 Å². The average Bonchev–Trinajstić information content (AvgIpc) is 2.60. The lowest BCUT2D eigenvalue weighted by molar-refractivity contribution is -0.482. The number of nitrogens with one attached hydrogen (secondary N) is 1. The summed E-state index contributed by atoms with van der Waals surface area (Å²) in [5.41, 5.74) is 0.507. The molecule has 0 bridgehead atoms. The zero-order valence-electron chi connectivity index (χ0n) is 14.6. The van der Waals surface area contributed by atoms with E-state index in [1.165, 1.54) is 0 Å². The maximum Gasteiger partial charge on any atom is 0.416 e. The summed E-state index contributed by atoms with van der Waals surface area (Å²) in [7, 11) is -4.68. The number of halogens is 4. The molecule has 3 N–H and O–H groups in total. The van der Waals surface area contributed by atoms with E-state index >= 15 is 0 Å². The summed E-state index contributed by atoms with van der Waals surface area (Å²) in [6.45, 7) is 1.66. The van der Waals surface area contributed by atoms with Crippen molar-refractivity contribution in [1.82, 2.24) is 0 Å². The molecule has 0 aliphatic heterocycles. The van der Waals surface area contributed by atoms with Crippen molar-refractivity contribution in [2.75, 3.05) is 12.0 Å². The van der Waals surface area contributed by atoms with Gasteiger partial charge in [0, 0.05) is 10.9 Å². The van der Waals surface area contributed by atoms with Crippen LogP contribution in [0.25, 0.3) is 0 Å². The Morgan fingerprint density at radius 2 is 1.90 bits per heavy atom. The number of hydrogen-bond donors (Lipinski definition) is 3. The largest absolute Gasteiger partial charge is 0.477 e. The Morgan fingerprint density at radius 1 is 1.24 bits per heavy atom. The molecule has 0 radical (unpaired) electrons. The highest BCUT2D eigenvalue weighted by Crippen LogP contribution is 2.34. The van der Waals surface area contributed by atoms with E-state index in [0.29, 0.717) is 12.1 Å². The average molecular weight is 453 g/mol. The van der Waals surface area contributed by atoms with Crippen LogP contribution in [-0.2, 0) is 16.3 Å². The lowest BCUT2D eigenvalue weighted by atomic mass is 10.2. The third-order valence-corrected chi connectivity index (χ3v) is 4.71. The molecule has 0 atom stereocenters. The molecule has 156 valence electrons. The number of rotatable bonds is 6. The molecular weight excluding hydrogens is 439 g/mol. The Bertz CT molecular complexity index is 1090. The van der Waals surface area contributed by atoms with E-state index in [1.54, 1.807) is 6.92 Å². The van der Waals surface area contributed by atoms with E-state index in [9.17, 15) is 31.5 Å². The smallest absolute Gasteiger partial charge is 0.416 e. The molecule has 2 aromatic rings. The van der Waals surface area contributed by atoms with Crippen LogP contribution >= 0.6 is 11.6 Å². The van der Waals surface area contributed by atoms with Crippen LogP contribution < -0.4 is 5.43 Å². The molecule has 0 saturated heterocycles. The van der Waals surface area contributed by atoms with Gasteiger partial charge >= 0.3 is 12.1 Å². The van der Waals surface area contributed by atoms with E-state index in [0.717, 1.165) is 29.1 Å². The quantitative estimate of drug-likeness (QED) is 0.258. The number of benzene rings is 2. The number of hydrazine groups is 1. The van der Waals surface area contributed by atoms with E-state index in [4.69, 9.17) is 16.2 Å². The third-order valence-electron chi connectivity index (χ3n) is 3.53. The van der Waals surface area contributed by atoms with Gasteiger partial charge < -0.3 is 5.11 Å². The number of anilines is 1. The summed E-state index contributed by atoms with van der Waals surface area (Å²) in [5.74, 6) is -1.56. The highest BCUT2D eigenvalue weighted by molar-refractivity contribution is 7.85. The Morgan fingerprint density at radius 3 is 2.41 bits per heavy atom. The molecule has 0 fully saturated rings. The van der Waals surface area contributed by atoms with E-state index < -0.39 is 38.3 Å². The number of carbonyl (C=O) groups is 1. The molecule has 2 rings (SSSR count). The van der Waals surface area contributed by atoms with Gasteiger partial charge in [0.05, 0.1) is 15.5 Å². The van der Waals surface area contributed by atoms with Crippen LogP contribution in [0.1, 0.15) is 22.8 Å². The number of alkyl halides is 3. The first-order valence-electron chi connectivity index (χ1n) is 7.80. The Labute approximate surface area is 168 Å². The Balaban J connectivity index is 2.60. The highest BCUT2D eigenvalue weighted by Gasteiger charge is 2.32. The maximum atomic E-state index is 13.0. The number of hydrogen-bond acceptors (Lipinski definition) is 4. The molecule has 8 nitrogen and oxygen atoms in total. The van der Waals surface area contributed by atoms with Gasteiger partial charge in [-0.3, -0.25) is 4.55 Å². The minimum atomic E-state index is -4.68. The van der Waals surface area contributed by atoms with Crippen molar-refractivity contribution in [2.45, 2.75) is 18.0 Å². The van der Waals surface area contributed by atoms with Crippen molar-refractivity contribution in [1.29, 1.82) is 0 Å². The molecule has 0 amide bonds. The lowest BCUT2D eigenvalue weighted by Crippen LogP contribution is -2.17. The predicted molar refractivity (Wildman–Crippen MR) is 96.2 cm³/mol. The van der Waals surface area contributed by atoms with Crippen LogP contribution in [-0.4, -0.2) is 35.4 Å². The van der Waals surface area contributed by atoms with Crippen molar-refractivity contribution in [3.05, 3.63) is 52.5 Å². The second-order valence-electron chi connectivity index (χ2n) is 5.53. The normalized spacial score (nSPS) is 12.7. The molecule has 0 spiro atoms. The van der Waals surface area contributed by atoms with Gasteiger partial charge in [-0.1, -0.05) is 11.6 Å². The molecule has 0 saturated carbocycles. The van der Waals surface area contributed by atoms with Crippen molar-refractivity contribution in [3.63, 3.8) is 0 Å². The second kappa shape index (κ2) is 8.35. The summed E-state index contributed by atoms with van der Waals surface area (Å²) < 4.78 is 70.5. The van der Waals surface area contributed by atoms with Crippen LogP contribution in [0.2, 0.25) is 5.02 Å². The van der Waals surface area contributed by atoms with Gasteiger partial charge in [-0.2, -0.15) is 21.6 Å².